The van der Waals surface area contributed by atoms with Crippen LogP contribution in [0.1, 0.15) is 49.7 Å². The predicted molar refractivity (Wildman–Crippen MR) is 86.9 cm³/mol. The van der Waals surface area contributed by atoms with Crippen molar-refractivity contribution in [1.82, 2.24) is 0 Å². The molecular weight excluding hydrogens is 260 g/mol. The summed E-state index contributed by atoms with van der Waals surface area (Å²) >= 11 is 0. The minimum atomic E-state index is 0.113. The number of anilines is 1. The van der Waals surface area contributed by atoms with Gasteiger partial charge in [-0.25, -0.2) is 0 Å². The molecule has 0 aromatic heterocycles. The normalized spacial score (nSPS) is 14.6. The minimum Gasteiger partial charge on any atom is -0.326 e. The number of rotatable bonds is 4. The van der Waals surface area contributed by atoms with Gasteiger partial charge >= 0.3 is 0 Å². The number of nitrogens with one attached hydrogen (secondary N) is 1. The third-order valence-electron chi connectivity index (χ3n) is 4.09. The van der Waals surface area contributed by atoms with E-state index in [0.29, 0.717) is 13.0 Å². The van der Waals surface area contributed by atoms with Crippen molar-refractivity contribution in [1.29, 1.82) is 0 Å². The van der Waals surface area contributed by atoms with Crippen LogP contribution in [-0.4, -0.2) is 12.5 Å². The van der Waals surface area contributed by atoms with Gasteiger partial charge in [-0.05, 0) is 43.0 Å². The highest BCUT2D eigenvalue weighted by Gasteiger charge is 2.16. The fourth-order valence-corrected chi connectivity index (χ4v) is 2.89. The summed E-state index contributed by atoms with van der Waals surface area (Å²) in [7, 11) is 0. The Bertz CT molecular complexity index is 548. The maximum atomic E-state index is 12.0. The molecule has 0 heterocycles. The highest BCUT2D eigenvalue weighted by molar-refractivity contribution is 5.90. The standard InChI is InChI=1S/C18H24N2O/c1-14-13-17(10-9-16(14)7-4-12-19)20-18(21)11-8-15-5-2-3-6-15/h9-10,13,15H,2-3,5-6,8,11-12,19H2,1H3,(H,20,21). The molecule has 0 atom stereocenters. The van der Waals surface area contributed by atoms with Crippen molar-refractivity contribution in [3.63, 3.8) is 0 Å². The zero-order valence-corrected chi connectivity index (χ0v) is 12.7. The van der Waals surface area contributed by atoms with Crippen molar-refractivity contribution >= 4 is 11.6 Å². The Hall–Kier alpha value is -1.79. The first-order chi connectivity index (χ1) is 10.2. The van der Waals surface area contributed by atoms with Crippen LogP contribution in [0.5, 0.6) is 0 Å². The topological polar surface area (TPSA) is 55.1 Å². The van der Waals surface area contributed by atoms with Crippen LogP contribution in [0.15, 0.2) is 18.2 Å². The van der Waals surface area contributed by atoms with Crippen LogP contribution in [0.3, 0.4) is 0 Å². The third kappa shape index (κ3) is 4.91. The lowest BCUT2D eigenvalue weighted by Crippen LogP contribution is -2.12. The molecule has 1 fully saturated rings. The molecule has 1 aliphatic rings. The van der Waals surface area contributed by atoms with Gasteiger partial charge in [0, 0.05) is 17.7 Å². The first-order valence-electron chi connectivity index (χ1n) is 7.78. The lowest BCUT2D eigenvalue weighted by Gasteiger charge is -2.10. The summed E-state index contributed by atoms with van der Waals surface area (Å²) in [4.78, 5) is 12.0. The molecule has 3 heteroatoms. The van der Waals surface area contributed by atoms with Gasteiger partial charge in [-0.2, -0.15) is 0 Å². The van der Waals surface area contributed by atoms with Crippen molar-refractivity contribution in [2.75, 3.05) is 11.9 Å². The van der Waals surface area contributed by atoms with Crippen LogP contribution in [0.4, 0.5) is 5.69 Å². The van der Waals surface area contributed by atoms with Crippen LogP contribution in [0, 0.1) is 24.7 Å². The Morgan fingerprint density at radius 2 is 2.14 bits per heavy atom. The average molecular weight is 284 g/mol. The van der Waals surface area contributed by atoms with E-state index in [4.69, 9.17) is 5.73 Å². The molecule has 1 amide bonds. The SMILES string of the molecule is Cc1cc(NC(=O)CCC2CCCC2)ccc1C#CCN. The maximum Gasteiger partial charge on any atom is 0.224 e. The molecule has 1 aromatic carbocycles. The number of hydrogen-bond donors (Lipinski definition) is 2. The van der Waals surface area contributed by atoms with E-state index in [2.05, 4.69) is 17.2 Å². The number of carbonyl (C=O) groups excluding carboxylic acids is 1. The summed E-state index contributed by atoms with van der Waals surface area (Å²) in [5.74, 6) is 6.74. The Morgan fingerprint density at radius 3 is 2.81 bits per heavy atom. The van der Waals surface area contributed by atoms with E-state index in [-0.39, 0.29) is 5.91 Å². The number of aryl methyl sites for hydroxylation is 1. The van der Waals surface area contributed by atoms with Gasteiger partial charge in [0.15, 0.2) is 0 Å². The molecular formula is C18H24N2O. The van der Waals surface area contributed by atoms with Gasteiger partial charge in [-0.1, -0.05) is 37.5 Å². The summed E-state index contributed by atoms with van der Waals surface area (Å²) in [6.45, 7) is 2.35. The van der Waals surface area contributed by atoms with Crippen molar-refractivity contribution in [2.24, 2.45) is 11.7 Å². The Kier molecular flexibility index (Phi) is 5.83. The van der Waals surface area contributed by atoms with Gasteiger partial charge in [-0.3, -0.25) is 4.79 Å². The first kappa shape index (κ1) is 15.6. The molecule has 3 N–H and O–H groups in total. The molecule has 1 aromatic rings. The van der Waals surface area contributed by atoms with Crippen LogP contribution in [0.2, 0.25) is 0 Å². The quantitative estimate of drug-likeness (QED) is 0.834. The summed E-state index contributed by atoms with van der Waals surface area (Å²) in [5.41, 5.74) is 8.25. The van der Waals surface area contributed by atoms with Crippen LogP contribution >= 0.6 is 0 Å². The van der Waals surface area contributed by atoms with Crippen LogP contribution < -0.4 is 11.1 Å². The second-order valence-electron chi connectivity index (χ2n) is 5.77. The van der Waals surface area contributed by atoms with Crippen LogP contribution in [0.25, 0.3) is 0 Å². The highest BCUT2D eigenvalue weighted by Crippen LogP contribution is 2.28. The molecule has 0 aliphatic heterocycles. The van der Waals surface area contributed by atoms with Gasteiger partial charge in [0.2, 0.25) is 5.91 Å². The molecule has 2 rings (SSSR count). The number of benzene rings is 1. The van der Waals surface area contributed by atoms with E-state index in [0.717, 1.165) is 29.2 Å². The minimum absolute atomic E-state index is 0.113. The van der Waals surface area contributed by atoms with Crippen molar-refractivity contribution in [3.05, 3.63) is 29.3 Å². The Morgan fingerprint density at radius 1 is 1.38 bits per heavy atom. The molecule has 0 bridgehead atoms. The van der Waals surface area contributed by atoms with Crippen molar-refractivity contribution < 1.29 is 4.79 Å². The Labute approximate surface area is 127 Å². The first-order valence-corrected chi connectivity index (χ1v) is 7.78. The van der Waals surface area contributed by atoms with E-state index in [1.807, 2.05) is 25.1 Å². The predicted octanol–water partition coefficient (Wildman–Crippen LogP) is 3.21. The van der Waals surface area contributed by atoms with E-state index in [9.17, 15) is 4.79 Å². The van der Waals surface area contributed by atoms with E-state index < -0.39 is 0 Å². The van der Waals surface area contributed by atoms with Gasteiger partial charge in [0.1, 0.15) is 0 Å². The molecule has 1 saturated carbocycles. The third-order valence-corrected chi connectivity index (χ3v) is 4.09. The summed E-state index contributed by atoms with van der Waals surface area (Å²) in [6.07, 6.45) is 6.89. The fourth-order valence-electron chi connectivity index (χ4n) is 2.89. The van der Waals surface area contributed by atoms with Gasteiger partial charge < -0.3 is 11.1 Å². The molecule has 3 nitrogen and oxygen atoms in total. The molecule has 0 saturated heterocycles. The van der Waals surface area contributed by atoms with E-state index >= 15 is 0 Å². The molecule has 21 heavy (non-hydrogen) atoms. The van der Waals surface area contributed by atoms with E-state index in [1.165, 1.54) is 25.7 Å². The summed E-state index contributed by atoms with van der Waals surface area (Å²) in [6, 6.07) is 5.81. The second-order valence-corrected chi connectivity index (χ2v) is 5.77. The van der Waals surface area contributed by atoms with Crippen LogP contribution in [-0.2, 0) is 4.79 Å². The second kappa shape index (κ2) is 7.85. The maximum absolute atomic E-state index is 12.0. The van der Waals surface area contributed by atoms with Gasteiger partial charge in [0.25, 0.3) is 0 Å². The van der Waals surface area contributed by atoms with Gasteiger partial charge in [0.05, 0.1) is 6.54 Å². The summed E-state index contributed by atoms with van der Waals surface area (Å²) in [5, 5.41) is 2.98. The lowest BCUT2D eigenvalue weighted by atomic mass is 10.0. The number of hydrogen-bond acceptors (Lipinski definition) is 2. The van der Waals surface area contributed by atoms with Gasteiger partial charge in [-0.15, -0.1) is 0 Å². The van der Waals surface area contributed by atoms with E-state index in [1.54, 1.807) is 0 Å². The number of amides is 1. The largest absolute Gasteiger partial charge is 0.326 e. The van der Waals surface area contributed by atoms with Crippen molar-refractivity contribution in [2.45, 2.75) is 45.4 Å². The molecule has 0 unspecified atom stereocenters. The number of nitrogens with two attached hydrogens (primary N) is 1. The molecule has 1 aliphatic carbocycles. The molecule has 0 spiro atoms. The average Bonchev–Trinajstić information content (AvgIpc) is 2.98. The number of carbonyl (C=O) groups is 1. The highest BCUT2D eigenvalue weighted by atomic mass is 16.1. The lowest BCUT2D eigenvalue weighted by molar-refractivity contribution is -0.116. The smallest absolute Gasteiger partial charge is 0.224 e. The Balaban J connectivity index is 1.87. The summed E-state index contributed by atoms with van der Waals surface area (Å²) < 4.78 is 0. The fraction of sp³-hybridized carbons (Fsp3) is 0.500. The zero-order valence-electron chi connectivity index (χ0n) is 12.7. The molecule has 112 valence electrons. The monoisotopic (exact) mass is 284 g/mol. The molecule has 0 radical (unpaired) electrons. The van der Waals surface area contributed by atoms with Crippen molar-refractivity contribution in [3.8, 4) is 11.8 Å². The zero-order chi connectivity index (χ0) is 15.1.